The molecule has 0 saturated heterocycles. The minimum absolute atomic E-state index is 0.0362. The molecular formula is C24H25N2O5-. The Bertz CT molecular complexity index is 1100. The van der Waals surface area contributed by atoms with Gasteiger partial charge in [0.25, 0.3) is 0 Å². The fourth-order valence-electron chi connectivity index (χ4n) is 4.37. The number of methoxy groups -OCH3 is 2. The number of carbonyl (C=O) groups is 2. The highest BCUT2D eigenvalue weighted by Gasteiger charge is 2.39. The van der Waals surface area contributed by atoms with Gasteiger partial charge in [-0.2, -0.15) is 0 Å². The van der Waals surface area contributed by atoms with Crippen LogP contribution in [0, 0.1) is 5.41 Å². The number of aromatic carboxylic acids is 1. The topological polar surface area (TPSA) is 99.7 Å². The van der Waals surface area contributed by atoms with Crippen LogP contribution in [0.1, 0.15) is 48.7 Å². The van der Waals surface area contributed by atoms with Gasteiger partial charge in [-0.15, -0.1) is 0 Å². The van der Waals surface area contributed by atoms with Gasteiger partial charge in [-0.25, -0.2) is 0 Å². The van der Waals surface area contributed by atoms with Crippen molar-refractivity contribution in [3.8, 4) is 11.5 Å². The van der Waals surface area contributed by atoms with Crippen LogP contribution in [0.15, 0.2) is 47.7 Å². The SMILES string of the molecule is COc1ccc(OC)c([C@H]2Nc3ccc(C(=O)[O-])cc3NC3=C2C(=O)CC(C)(C)C3)c1. The normalized spacial score (nSPS) is 19.4. The summed E-state index contributed by atoms with van der Waals surface area (Å²) in [5.74, 6) is 0.0498. The summed E-state index contributed by atoms with van der Waals surface area (Å²) in [6.07, 6.45) is 1.06. The van der Waals surface area contributed by atoms with Crippen LogP contribution in [0.4, 0.5) is 11.4 Å². The molecule has 1 atom stereocenters. The van der Waals surface area contributed by atoms with Crippen molar-refractivity contribution in [3.05, 3.63) is 58.8 Å². The maximum Gasteiger partial charge on any atom is 0.163 e. The lowest BCUT2D eigenvalue weighted by molar-refractivity contribution is -0.255. The molecule has 4 rings (SSSR count). The number of benzene rings is 2. The maximum atomic E-state index is 13.3. The van der Waals surface area contributed by atoms with E-state index in [4.69, 9.17) is 9.47 Å². The molecule has 0 radical (unpaired) electrons. The zero-order chi connectivity index (χ0) is 22.3. The molecule has 2 aromatic rings. The van der Waals surface area contributed by atoms with E-state index in [9.17, 15) is 14.7 Å². The van der Waals surface area contributed by atoms with E-state index in [2.05, 4.69) is 10.6 Å². The summed E-state index contributed by atoms with van der Waals surface area (Å²) < 4.78 is 11.0. The number of allylic oxidation sites excluding steroid dienone is 1. The molecule has 1 heterocycles. The molecule has 1 aliphatic carbocycles. The predicted molar refractivity (Wildman–Crippen MR) is 115 cm³/mol. The Morgan fingerprint density at radius 1 is 1.06 bits per heavy atom. The van der Waals surface area contributed by atoms with E-state index in [0.29, 0.717) is 41.3 Å². The van der Waals surface area contributed by atoms with Crippen molar-refractivity contribution in [2.24, 2.45) is 5.41 Å². The molecule has 0 saturated carbocycles. The zero-order valence-corrected chi connectivity index (χ0v) is 18.0. The highest BCUT2D eigenvalue weighted by atomic mass is 16.5. The summed E-state index contributed by atoms with van der Waals surface area (Å²) >= 11 is 0. The molecule has 0 aromatic heterocycles. The Morgan fingerprint density at radius 3 is 2.52 bits per heavy atom. The van der Waals surface area contributed by atoms with Crippen molar-refractivity contribution in [3.63, 3.8) is 0 Å². The quantitative estimate of drug-likeness (QED) is 0.781. The first kappa shape index (κ1) is 20.8. The highest BCUT2D eigenvalue weighted by molar-refractivity contribution is 6.01. The molecule has 7 heteroatoms. The summed E-state index contributed by atoms with van der Waals surface area (Å²) in [6, 6.07) is 9.67. The molecule has 0 amide bonds. The number of ketones is 1. The third-order valence-electron chi connectivity index (χ3n) is 5.80. The fraction of sp³-hybridized carbons (Fsp3) is 0.333. The number of carbonyl (C=O) groups excluding carboxylic acids is 2. The molecule has 0 unspecified atom stereocenters. The Labute approximate surface area is 181 Å². The number of fused-ring (bicyclic) bond motifs is 1. The van der Waals surface area contributed by atoms with Crippen LogP contribution in [0.5, 0.6) is 11.5 Å². The Hall–Kier alpha value is -3.48. The minimum Gasteiger partial charge on any atom is -0.545 e. The molecule has 0 fully saturated rings. The first-order valence-electron chi connectivity index (χ1n) is 10.1. The first-order chi connectivity index (χ1) is 14.7. The van der Waals surface area contributed by atoms with E-state index in [1.165, 1.54) is 12.1 Å². The van der Waals surface area contributed by atoms with Gasteiger partial charge in [-0.3, -0.25) is 4.79 Å². The number of rotatable bonds is 4. The van der Waals surface area contributed by atoms with Crippen LogP contribution < -0.4 is 25.2 Å². The molecule has 31 heavy (non-hydrogen) atoms. The number of hydrogen-bond acceptors (Lipinski definition) is 7. The van der Waals surface area contributed by atoms with E-state index < -0.39 is 12.0 Å². The minimum atomic E-state index is -1.26. The number of carboxylic acids is 1. The molecule has 2 N–H and O–H groups in total. The third-order valence-corrected chi connectivity index (χ3v) is 5.80. The van der Waals surface area contributed by atoms with Gasteiger partial charge in [0, 0.05) is 23.3 Å². The number of Topliss-reactive ketones (excluding diaryl/α,β-unsaturated/α-hetero) is 1. The monoisotopic (exact) mass is 421 g/mol. The number of nitrogens with one attached hydrogen (secondary N) is 2. The number of ether oxygens (including phenoxy) is 2. The second-order valence-corrected chi connectivity index (χ2v) is 8.69. The van der Waals surface area contributed by atoms with Crippen LogP contribution in [0.3, 0.4) is 0 Å². The number of carboxylic acid groups (broad SMARTS) is 1. The van der Waals surface area contributed by atoms with Gasteiger partial charge in [0.05, 0.1) is 37.6 Å². The van der Waals surface area contributed by atoms with E-state index >= 15 is 0 Å². The molecule has 0 bridgehead atoms. The van der Waals surface area contributed by atoms with Gasteiger partial charge < -0.3 is 30.0 Å². The van der Waals surface area contributed by atoms with E-state index in [1.807, 2.05) is 26.0 Å². The number of anilines is 2. The lowest BCUT2D eigenvalue weighted by atomic mass is 9.73. The van der Waals surface area contributed by atoms with Crippen molar-refractivity contribution < 1.29 is 24.2 Å². The van der Waals surface area contributed by atoms with Crippen LogP contribution in [0.25, 0.3) is 0 Å². The van der Waals surface area contributed by atoms with Gasteiger partial charge in [-0.05, 0) is 47.7 Å². The zero-order valence-electron chi connectivity index (χ0n) is 18.0. The molecule has 7 nitrogen and oxygen atoms in total. The summed E-state index contributed by atoms with van der Waals surface area (Å²) in [5, 5.41) is 18.2. The van der Waals surface area contributed by atoms with Crippen LogP contribution >= 0.6 is 0 Å². The second-order valence-electron chi connectivity index (χ2n) is 8.69. The largest absolute Gasteiger partial charge is 0.545 e. The van der Waals surface area contributed by atoms with Gasteiger partial charge in [0.1, 0.15) is 11.5 Å². The second kappa shape index (κ2) is 7.65. The van der Waals surface area contributed by atoms with Crippen LogP contribution in [0.2, 0.25) is 0 Å². The van der Waals surface area contributed by atoms with E-state index in [1.54, 1.807) is 26.4 Å². The lowest BCUT2D eigenvalue weighted by Crippen LogP contribution is -2.31. The van der Waals surface area contributed by atoms with Crippen molar-refractivity contribution >= 4 is 23.1 Å². The Balaban J connectivity index is 1.93. The summed E-state index contributed by atoms with van der Waals surface area (Å²) in [6.45, 7) is 4.10. The van der Waals surface area contributed by atoms with Gasteiger partial charge in [0.2, 0.25) is 0 Å². The molecule has 2 aromatic carbocycles. The van der Waals surface area contributed by atoms with Gasteiger partial charge in [-0.1, -0.05) is 19.9 Å². The van der Waals surface area contributed by atoms with Crippen molar-refractivity contribution in [2.75, 3.05) is 24.9 Å². The van der Waals surface area contributed by atoms with Crippen LogP contribution in [-0.4, -0.2) is 26.0 Å². The first-order valence-corrected chi connectivity index (χ1v) is 10.1. The van der Waals surface area contributed by atoms with E-state index in [0.717, 1.165) is 11.3 Å². The molecule has 1 aliphatic heterocycles. The Kier molecular flexibility index (Phi) is 5.13. The smallest absolute Gasteiger partial charge is 0.163 e. The fourth-order valence-corrected chi connectivity index (χ4v) is 4.37. The summed E-state index contributed by atoms with van der Waals surface area (Å²) in [5.41, 5.74) is 3.27. The summed E-state index contributed by atoms with van der Waals surface area (Å²) in [7, 11) is 3.17. The number of hydrogen-bond donors (Lipinski definition) is 2. The summed E-state index contributed by atoms with van der Waals surface area (Å²) in [4.78, 5) is 24.7. The third kappa shape index (κ3) is 3.83. The Morgan fingerprint density at radius 2 is 1.84 bits per heavy atom. The predicted octanol–water partition coefficient (Wildman–Crippen LogP) is 3.29. The molecule has 162 valence electrons. The van der Waals surface area contributed by atoms with Crippen LogP contribution in [-0.2, 0) is 4.79 Å². The molecule has 2 aliphatic rings. The lowest BCUT2D eigenvalue weighted by Gasteiger charge is -2.34. The standard InChI is InChI=1S/C24H26N2O5/c1-24(2)11-18-21(19(27)12-24)22(15-10-14(30-3)6-8-20(15)31-4)26-16-7-5-13(23(28)29)9-17(16)25-18/h5-10,22,25-26H,11-12H2,1-4H3,(H,28,29)/p-1/t22-/m1/s1. The maximum absolute atomic E-state index is 13.3. The highest BCUT2D eigenvalue weighted by Crippen LogP contribution is 2.47. The average molecular weight is 421 g/mol. The van der Waals surface area contributed by atoms with Crippen molar-refractivity contribution in [2.45, 2.75) is 32.7 Å². The molecule has 0 spiro atoms. The van der Waals surface area contributed by atoms with Gasteiger partial charge >= 0.3 is 0 Å². The van der Waals surface area contributed by atoms with Crippen molar-refractivity contribution in [1.82, 2.24) is 0 Å². The van der Waals surface area contributed by atoms with Gasteiger partial charge in [0.15, 0.2) is 5.78 Å². The van der Waals surface area contributed by atoms with E-state index in [-0.39, 0.29) is 16.8 Å². The van der Waals surface area contributed by atoms with Crippen molar-refractivity contribution in [1.29, 1.82) is 0 Å². The molecular weight excluding hydrogens is 396 g/mol. The average Bonchev–Trinajstić information content (AvgIpc) is 2.87.